The van der Waals surface area contributed by atoms with Crippen molar-refractivity contribution in [3.8, 4) is 5.75 Å². The summed E-state index contributed by atoms with van der Waals surface area (Å²) < 4.78 is 20.5. The number of phosphoric ester groups is 1. The number of hydrogen-bond acceptors (Lipinski definition) is 5. The van der Waals surface area contributed by atoms with E-state index in [-0.39, 0.29) is 23.7 Å². The van der Waals surface area contributed by atoms with Gasteiger partial charge in [0.2, 0.25) is 5.91 Å². The van der Waals surface area contributed by atoms with E-state index in [9.17, 15) is 14.2 Å². The van der Waals surface area contributed by atoms with Crippen LogP contribution in [0.25, 0.3) is 11.0 Å². The Balaban J connectivity index is 1.99. The van der Waals surface area contributed by atoms with E-state index >= 15 is 0 Å². The normalized spacial score (nSPS) is 11.5. The van der Waals surface area contributed by atoms with Crippen molar-refractivity contribution in [2.75, 3.05) is 6.54 Å². The van der Waals surface area contributed by atoms with Crippen LogP contribution in [0.4, 0.5) is 0 Å². The minimum atomic E-state index is -4.72. The molecule has 2 aromatic rings. The third-order valence-corrected chi connectivity index (χ3v) is 4.68. The van der Waals surface area contributed by atoms with Crippen LogP contribution >= 0.6 is 7.82 Å². The molecule has 1 aromatic heterocycles. The maximum atomic E-state index is 12.2. The zero-order valence-electron chi connectivity index (χ0n) is 15.8. The minimum absolute atomic E-state index is 0.0105. The fourth-order valence-electron chi connectivity index (χ4n) is 2.92. The van der Waals surface area contributed by atoms with Gasteiger partial charge in [-0.1, -0.05) is 39.0 Å². The molecule has 0 aliphatic carbocycles. The van der Waals surface area contributed by atoms with E-state index < -0.39 is 13.4 Å². The highest BCUT2D eigenvalue weighted by Gasteiger charge is 2.17. The highest BCUT2D eigenvalue weighted by Crippen LogP contribution is 2.38. The maximum Gasteiger partial charge on any atom is 0.524 e. The van der Waals surface area contributed by atoms with Gasteiger partial charge in [0.15, 0.2) is 0 Å². The van der Waals surface area contributed by atoms with Crippen LogP contribution < -0.4 is 15.5 Å². The Morgan fingerprint density at radius 3 is 2.57 bits per heavy atom. The highest BCUT2D eigenvalue weighted by atomic mass is 31.2. The van der Waals surface area contributed by atoms with Crippen LogP contribution in [0.2, 0.25) is 0 Å². The Kier molecular flexibility index (Phi) is 8.23. The molecule has 1 aromatic carbocycles. The van der Waals surface area contributed by atoms with Crippen molar-refractivity contribution in [2.45, 2.75) is 51.9 Å². The molecular weight excluding hydrogens is 385 g/mol. The second-order valence-corrected chi connectivity index (χ2v) is 7.79. The van der Waals surface area contributed by atoms with E-state index in [2.05, 4.69) is 16.8 Å². The zero-order chi connectivity index (χ0) is 20.6. The number of carbonyl (C=O) groups is 1. The minimum Gasteiger partial charge on any atom is -0.423 e. The van der Waals surface area contributed by atoms with Gasteiger partial charge in [-0.2, -0.15) is 0 Å². The molecule has 2 rings (SSSR count). The van der Waals surface area contributed by atoms with Crippen molar-refractivity contribution in [2.24, 2.45) is 0 Å². The number of nitrogens with one attached hydrogen (secondary N) is 1. The van der Waals surface area contributed by atoms with E-state index in [1.807, 2.05) is 0 Å². The molecule has 0 radical (unpaired) electrons. The standard InChI is InChI=1S/C19H26NO7P/c1-2-3-4-5-6-7-10-20-18(21)11-14-12-19(22)26-17-13-15(8-9-16(14)17)27-28(23,24)25/h8-9,12-13H,2-7,10-11H2,1H3,(H,20,21)(H2,23,24,25). The third-order valence-electron chi connectivity index (χ3n) is 4.23. The number of amides is 1. The number of hydrogen-bond donors (Lipinski definition) is 3. The maximum absolute atomic E-state index is 12.2. The lowest BCUT2D eigenvalue weighted by Crippen LogP contribution is -2.26. The Labute approximate surface area is 163 Å². The summed E-state index contributed by atoms with van der Waals surface area (Å²) in [7, 11) is -4.72. The van der Waals surface area contributed by atoms with Crippen molar-refractivity contribution in [3.05, 3.63) is 40.2 Å². The fourth-order valence-corrected chi connectivity index (χ4v) is 3.31. The van der Waals surface area contributed by atoms with E-state index in [1.54, 1.807) is 0 Å². The molecule has 8 nitrogen and oxygen atoms in total. The number of carbonyl (C=O) groups excluding carboxylic acids is 1. The molecule has 154 valence electrons. The largest absolute Gasteiger partial charge is 0.524 e. The van der Waals surface area contributed by atoms with Crippen LogP contribution in [0.1, 0.15) is 51.0 Å². The monoisotopic (exact) mass is 411 g/mol. The molecule has 0 unspecified atom stereocenters. The summed E-state index contributed by atoms with van der Waals surface area (Å²) in [6.45, 7) is 2.75. The molecule has 0 saturated heterocycles. The molecule has 28 heavy (non-hydrogen) atoms. The molecule has 0 fully saturated rings. The second-order valence-electron chi connectivity index (χ2n) is 6.63. The number of phosphoric acid groups is 1. The molecule has 1 heterocycles. The van der Waals surface area contributed by atoms with Crippen LogP contribution in [0.5, 0.6) is 5.75 Å². The van der Waals surface area contributed by atoms with Gasteiger partial charge in [0, 0.05) is 24.1 Å². The average molecular weight is 411 g/mol. The number of rotatable bonds is 11. The molecule has 3 N–H and O–H groups in total. The summed E-state index contributed by atoms with van der Waals surface area (Å²) in [5.41, 5.74) is -0.0776. The molecule has 0 aliphatic heterocycles. The van der Waals surface area contributed by atoms with Crippen molar-refractivity contribution in [1.29, 1.82) is 0 Å². The van der Waals surface area contributed by atoms with Gasteiger partial charge < -0.3 is 14.3 Å². The number of benzene rings is 1. The lowest BCUT2D eigenvalue weighted by atomic mass is 10.1. The van der Waals surface area contributed by atoms with Crippen molar-refractivity contribution < 1.29 is 28.1 Å². The molecule has 1 amide bonds. The van der Waals surface area contributed by atoms with Crippen LogP contribution in [-0.4, -0.2) is 22.2 Å². The summed E-state index contributed by atoms with van der Waals surface area (Å²) in [6.07, 6.45) is 6.80. The Morgan fingerprint density at radius 2 is 1.86 bits per heavy atom. The van der Waals surface area contributed by atoms with Gasteiger partial charge in [0.05, 0.1) is 6.42 Å². The van der Waals surface area contributed by atoms with Crippen LogP contribution in [0, 0.1) is 0 Å². The first-order valence-electron chi connectivity index (χ1n) is 9.37. The lowest BCUT2D eigenvalue weighted by Gasteiger charge is -2.09. The molecule has 0 spiro atoms. The van der Waals surface area contributed by atoms with Gasteiger partial charge in [-0.15, -0.1) is 0 Å². The first kappa shape index (κ1) is 22.1. The molecule has 0 aliphatic rings. The lowest BCUT2D eigenvalue weighted by molar-refractivity contribution is -0.120. The second kappa shape index (κ2) is 10.4. The number of unbranched alkanes of at least 4 members (excludes halogenated alkanes) is 5. The van der Waals surface area contributed by atoms with Gasteiger partial charge in [-0.05, 0) is 24.1 Å². The SMILES string of the molecule is CCCCCCCCNC(=O)Cc1cc(=O)oc2cc(OP(=O)(O)O)ccc12. The Morgan fingerprint density at radius 1 is 1.14 bits per heavy atom. The topological polar surface area (TPSA) is 126 Å². The van der Waals surface area contributed by atoms with E-state index in [1.165, 1.54) is 43.5 Å². The number of fused-ring (bicyclic) bond motifs is 1. The smallest absolute Gasteiger partial charge is 0.423 e. The van der Waals surface area contributed by atoms with Crippen molar-refractivity contribution >= 4 is 24.7 Å². The molecule has 9 heteroatoms. The predicted octanol–water partition coefficient (Wildman–Crippen LogP) is 3.28. The third kappa shape index (κ3) is 7.46. The molecular formula is C19H26NO7P. The van der Waals surface area contributed by atoms with Crippen LogP contribution in [0.15, 0.2) is 33.5 Å². The average Bonchev–Trinajstić information content (AvgIpc) is 2.59. The molecule has 0 bridgehead atoms. The summed E-state index contributed by atoms with van der Waals surface area (Å²) in [5, 5.41) is 3.36. The van der Waals surface area contributed by atoms with Gasteiger partial charge in [0.25, 0.3) is 0 Å². The van der Waals surface area contributed by atoms with Crippen LogP contribution in [0.3, 0.4) is 0 Å². The van der Waals surface area contributed by atoms with Gasteiger partial charge >= 0.3 is 13.4 Å². The van der Waals surface area contributed by atoms with Crippen molar-refractivity contribution in [1.82, 2.24) is 5.32 Å². The predicted molar refractivity (Wildman–Crippen MR) is 105 cm³/mol. The summed E-state index contributed by atoms with van der Waals surface area (Å²) in [5.74, 6) is -0.329. The fraction of sp³-hybridized carbons (Fsp3) is 0.474. The van der Waals surface area contributed by atoms with Gasteiger partial charge in [-0.25, -0.2) is 9.36 Å². The quantitative estimate of drug-likeness (QED) is 0.294. The van der Waals surface area contributed by atoms with E-state index in [4.69, 9.17) is 14.2 Å². The first-order chi connectivity index (χ1) is 13.3. The summed E-state index contributed by atoms with van der Waals surface area (Å²) >= 11 is 0. The molecule has 0 saturated carbocycles. The Bertz CT molecular complexity index is 903. The van der Waals surface area contributed by atoms with E-state index in [0.29, 0.717) is 17.5 Å². The molecule has 0 atom stereocenters. The van der Waals surface area contributed by atoms with Gasteiger partial charge in [0.1, 0.15) is 11.3 Å². The summed E-state index contributed by atoms with van der Waals surface area (Å²) in [6, 6.07) is 5.31. The zero-order valence-corrected chi connectivity index (χ0v) is 16.7. The van der Waals surface area contributed by atoms with Crippen LogP contribution in [-0.2, 0) is 15.8 Å². The van der Waals surface area contributed by atoms with Crippen molar-refractivity contribution in [3.63, 3.8) is 0 Å². The van der Waals surface area contributed by atoms with Gasteiger partial charge in [-0.3, -0.25) is 14.6 Å². The Hall–Kier alpha value is -2.15. The first-order valence-corrected chi connectivity index (χ1v) is 10.9. The highest BCUT2D eigenvalue weighted by molar-refractivity contribution is 7.46. The van der Waals surface area contributed by atoms with E-state index in [0.717, 1.165) is 19.3 Å². The summed E-state index contributed by atoms with van der Waals surface area (Å²) in [4.78, 5) is 41.7.